The number of aromatic nitrogens is 2. The molecule has 0 radical (unpaired) electrons. The lowest BCUT2D eigenvalue weighted by molar-refractivity contribution is 0.102. The fourth-order valence-corrected chi connectivity index (χ4v) is 5.38. The van der Waals surface area contributed by atoms with Crippen molar-refractivity contribution in [3.8, 4) is 0 Å². The molecule has 1 N–H and O–H groups in total. The van der Waals surface area contributed by atoms with E-state index in [9.17, 15) is 13.2 Å². The Morgan fingerprint density at radius 1 is 1.13 bits per heavy atom. The van der Waals surface area contributed by atoms with E-state index in [2.05, 4.69) is 10.4 Å². The molecule has 0 saturated carbocycles. The summed E-state index contributed by atoms with van der Waals surface area (Å²) < 4.78 is 27.6. The molecule has 4 rings (SSSR count). The van der Waals surface area contributed by atoms with Gasteiger partial charge in [0.15, 0.2) is 0 Å². The normalized spacial score (nSPS) is 15.3. The van der Waals surface area contributed by atoms with Crippen molar-refractivity contribution in [3.05, 3.63) is 76.1 Å². The fourth-order valence-electron chi connectivity index (χ4n) is 3.66. The van der Waals surface area contributed by atoms with Gasteiger partial charge in [-0.15, -0.1) is 0 Å². The minimum absolute atomic E-state index is 0.126. The Morgan fingerprint density at radius 2 is 1.87 bits per heavy atom. The van der Waals surface area contributed by atoms with Crippen molar-refractivity contribution < 1.29 is 13.2 Å². The molecule has 1 aromatic heterocycles. The smallest absolute Gasteiger partial charge is 0.255 e. The predicted octanol–water partition coefficient (Wildman–Crippen LogP) is 3.99. The molecule has 0 aliphatic carbocycles. The first-order valence-electron chi connectivity index (χ1n) is 9.94. The van der Waals surface area contributed by atoms with Gasteiger partial charge >= 0.3 is 0 Å². The largest absolute Gasteiger partial charge is 0.321 e. The summed E-state index contributed by atoms with van der Waals surface area (Å²) in [6, 6.07) is 14.1. The van der Waals surface area contributed by atoms with Crippen LogP contribution in [0.15, 0.2) is 48.5 Å². The summed E-state index contributed by atoms with van der Waals surface area (Å²) in [4.78, 5) is 12.7. The summed E-state index contributed by atoms with van der Waals surface area (Å²) in [5.41, 5.74) is 4.42. The zero-order valence-corrected chi connectivity index (χ0v) is 18.9. The van der Waals surface area contributed by atoms with Crippen molar-refractivity contribution in [2.45, 2.75) is 26.8 Å². The Bertz CT molecular complexity index is 1240. The van der Waals surface area contributed by atoms with Crippen LogP contribution >= 0.6 is 11.6 Å². The quantitative estimate of drug-likeness (QED) is 0.626. The molecule has 1 fully saturated rings. The summed E-state index contributed by atoms with van der Waals surface area (Å²) in [6.07, 6.45) is 0.580. The van der Waals surface area contributed by atoms with Crippen LogP contribution in [0.4, 0.5) is 11.4 Å². The monoisotopic (exact) mass is 458 g/mol. The van der Waals surface area contributed by atoms with Gasteiger partial charge in [-0.05, 0) is 62.2 Å². The lowest BCUT2D eigenvalue weighted by atomic mass is 10.1. The summed E-state index contributed by atoms with van der Waals surface area (Å²) in [7, 11) is -3.31. The van der Waals surface area contributed by atoms with Crippen LogP contribution in [0.3, 0.4) is 0 Å². The average molecular weight is 459 g/mol. The van der Waals surface area contributed by atoms with Crippen molar-refractivity contribution in [2.24, 2.45) is 0 Å². The highest BCUT2D eigenvalue weighted by Gasteiger charge is 2.28. The maximum atomic E-state index is 12.7. The molecule has 1 aliphatic rings. The highest BCUT2D eigenvalue weighted by molar-refractivity contribution is 7.93. The number of carbonyl (C=O) groups excluding carboxylic acids is 1. The highest BCUT2D eigenvalue weighted by Crippen LogP contribution is 2.31. The standard InChI is InChI=1S/C22H23ClN4O3S/c1-15-12-16(2)26(25-15)14-17-4-6-18(7-5-17)22(28)24-21-13-19(8-9-20(21)23)27-10-3-11-31(27,29)30/h4-9,12-13H,3,10-11,14H2,1-2H3,(H,24,28). The summed E-state index contributed by atoms with van der Waals surface area (Å²) in [5.74, 6) is -0.192. The molecule has 3 aromatic rings. The van der Waals surface area contributed by atoms with E-state index in [0.717, 1.165) is 17.0 Å². The number of hydrogen-bond donors (Lipinski definition) is 1. The molecule has 31 heavy (non-hydrogen) atoms. The number of aryl methyl sites for hydroxylation is 2. The van der Waals surface area contributed by atoms with Crippen molar-refractivity contribution in [1.29, 1.82) is 0 Å². The van der Waals surface area contributed by atoms with Crippen molar-refractivity contribution in [3.63, 3.8) is 0 Å². The third-order valence-corrected chi connectivity index (χ3v) is 7.44. The van der Waals surface area contributed by atoms with E-state index in [1.807, 2.05) is 36.7 Å². The Hall–Kier alpha value is -2.84. The Morgan fingerprint density at radius 3 is 2.48 bits per heavy atom. The van der Waals surface area contributed by atoms with E-state index in [1.54, 1.807) is 30.3 Å². The van der Waals surface area contributed by atoms with E-state index in [0.29, 0.717) is 41.5 Å². The molecule has 2 aromatic carbocycles. The number of amides is 1. The number of benzene rings is 2. The van der Waals surface area contributed by atoms with Crippen LogP contribution in [0.5, 0.6) is 0 Å². The third-order valence-electron chi connectivity index (χ3n) is 5.24. The van der Waals surface area contributed by atoms with E-state index < -0.39 is 10.0 Å². The molecule has 1 aliphatic heterocycles. The molecule has 1 amide bonds. The van der Waals surface area contributed by atoms with Gasteiger partial charge in [0.2, 0.25) is 10.0 Å². The fraction of sp³-hybridized carbons (Fsp3) is 0.273. The van der Waals surface area contributed by atoms with E-state index >= 15 is 0 Å². The number of carbonyl (C=O) groups is 1. The van der Waals surface area contributed by atoms with Crippen LogP contribution in [0.25, 0.3) is 0 Å². The minimum Gasteiger partial charge on any atom is -0.321 e. The maximum Gasteiger partial charge on any atom is 0.255 e. The second kappa shape index (κ2) is 8.36. The van der Waals surface area contributed by atoms with Crippen LogP contribution in [0.1, 0.15) is 33.7 Å². The van der Waals surface area contributed by atoms with Gasteiger partial charge in [-0.2, -0.15) is 5.10 Å². The molecule has 0 spiro atoms. The molecular formula is C22H23ClN4O3S. The number of hydrogen-bond acceptors (Lipinski definition) is 4. The average Bonchev–Trinajstić information content (AvgIpc) is 3.24. The number of anilines is 2. The number of rotatable bonds is 5. The second-order valence-corrected chi connectivity index (χ2v) is 10.1. The topological polar surface area (TPSA) is 84.3 Å². The molecular weight excluding hydrogens is 436 g/mol. The molecule has 0 bridgehead atoms. The number of sulfonamides is 1. The molecule has 162 valence electrons. The zero-order chi connectivity index (χ0) is 22.2. The summed E-state index contributed by atoms with van der Waals surface area (Å²) in [6.45, 7) is 5.01. The van der Waals surface area contributed by atoms with Gasteiger partial charge in [-0.1, -0.05) is 23.7 Å². The minimum atomic E-state index is -3.31. The van der Waals surface area contributed by atoms with Gasteiger partial charge in [-0.25, -0.2) is 8.42 Å². The Kier molecular flexibility index (Phi) is 5.77. The van der Waals surface area contributed by atoms with Crippen LogP contribution in [0, 0.1) is 13.8 Å². The molecule has 9 heteroatoms. The van der Waals surface area contributed by atoms with Crippen molar-refractivity contribution >= 4 is 38.9 Å². The molecule has 0 atom stereocenters. The van der Waals surface area contributed by atoms with E-state index in [-0.39, 0.29) is 11.7 Å². The first-order valence-corrected chi connectivity index (χ1v) is 11.9. The maximum absolute atomic E-state index is 12.7. The van der Waals surface area contributed by atoms with Gasteiger partial charge in [-0.3, -0.25) is 13.8 Å². The molecule has 2 heterocycles. The van der Waals surface area contributed by atoms with Crippen LogP contribution in [-0.2, 0) is 16.6 Å². The van der Waals surface area contributed by atoms with Gasteiger partial charge in [0.25, 0.3) is 5.91 Å². The number of nitrogens with one attached hydrogen (secondary N) is 1. The lowest BCUT2D eigenvalue weighted by Gasteiger charge is -2.18. The zero-order valence-electron chi connectivity index (χ0n) is 17.3. The molecule has 1 saturated heterocycles. The SMILES string of the molecule is Cc1cc(C)n(Cc2ccc(C(=O)Nc3cc(N4CCCS4(=O)=O)ccc3Cl)cc2)n1. The van der Waals surface area contributed by atoms with Gasteiger partial charge < -0.3 is 5.32 Å². The summed E-state index contributed by atoms with van der Waals surface area (Å²) in [5, 5.41) is 7.59. The van der Waals surface area contributed by atoms with Crippen LogP contribution in [0.2, 0.25) is 5.02 Å². The van der Waals surface area contributed by atoms with E-state index in [1.165, 1.54) is 4.31 Å². The van der Waals surface area contributed by atoms with Crippen molar-refractivity contribution in [2.75, 3.05) is 21.9 Å². The van der Waals surface area contributed by atoms with Crippen LogP contribution in [-0.4, -0.2) is 36.4 Å². The molecule has 0 unspecified atom stereocenters. The lowest BCUT2D eigenvalue weighted by Crippen LogP contribution is -2.25. The predicted molar refractivity (Wildman–Crippen MR) is 122 cm³/mol. The van der Waals surface area contributed by atoms with Crippen LogP contribution < -0.4 is 9.62 Å². The second-order valence-electron chi connectivity index (χ2n) is 7.64. The number of halogens is 1. The summed E-state index contributed by atoms with van der Waals surface area (Å²) >= 11 is 6.25. The Labute approximate surface area is 186 Å². The van der Waals surface area contributed by atoms with Gasteiger partial charge in [0.1, 0.15) is 0 Å². The highest BCUT2D eigenvalue weighted by atomic mass is 35.5. The first kappa shape index (κ1) is 21.4. The van der Waals surface area contributed by atoms with Crippen molar-refractivity contribution in [1.82, 2.24) is 9.78 Å². The first-order chi connectivity index (χ1) is 14.7. The van der Waals surface area contributed by atoms with Gasteiger partial charge in [0.05, 0.1) is 34.4 Å². The molecule has 7 nitrogen and oxygen atoms in total. The number of nitrogens with zero attached hydrogens (tertiary/aromatic N) is 3. The Balaban J connectivity index is 1.49. The third kappa shape index (κ3) is 4.60. The van der Waals surface area contributed by atoms with Gasteiger partial charge in [0, 0.05) is 17.8 Å². The van der Waals surface area contributed by atoms with E-state index in [4.69, 9.17) is 11.6 Å².